The first-order chi connectivity index (χ1) is 13.5. The molecular formula is C24H54NO2Si+. The van der Waals surface area contributed by atoms with Crippen LogP contribution in [0.2, 0.25) is 5.54 Å². The Labute approximate surface area is 180 Å². The van der Waals surface area contributed by atoms with E-state index in [-0.39, 0.29) is 0 Å². The van der Waals surface area contributed by atoms with E-state index in [4.69, 9.17) is 8.85 Å². The van der Waals surface area contributed by atoms with Crippen molar-refractivity contribution in [3.05, 3.63) is 0 Å². The second-order valence-corrected chi connectivity index (χ2v) is 11.9. The molecule has 0 aliphatic carbocycles. The van der Waals surface area contributed by atoms with Crippen LogP contribution in [0.5, 0.6) is 0 Å². The van der Waals surface area contributed by atoms with E-state index in [0.29, 0.717) is 5.54 Å². The maximum atomic E-state index is 5.90. The van der Waals surface area contributed by atoms with E-state index < -0.39 is 9.28 Å². The van der Waals surface area contributed by atoms with Gasteiger partial charge in [0.1, 0.15) is 0 Å². The molecule has 3 nitrogen and oxygen atoms in total. The molecule has 1 atom stereocenters. The summed E-state index contributed by atoms with van der Waals surface area (Å²) in [7, 11) is 3.30. The van der Waals surface area contributed by atoms with Crippen molar-refractivity contribution < 1.29 is 13.3 Å². The molecule has 0 heterocycles. The first-order valence-corrected chi connectivity index (χ1v) is 14.1. The first kappa shape index (κ1) is 28.1. The Balaban J connectivity index is 3.66. The Morgan fingerprint density at radius 3 is 1.50 bits per heavy atom. The van der Waals surface area contributed by atoms with Crippen molar-refractivity contribution in [1.29, 1.82) is 0 Å². The van der Waals surface area contributed by atoms with Gasteiger partial charge in [0.15, 0.2) is 0 Å². The van der Waals surface area contributed by atoms with Crippen LogP contribution in [0.15, 0.2) is 0 Å². The molecule has 0 saturated carbocycles. The van der Waals surface area contributed by atoms with Crippen LogP contribution in [0.3, 0.4) is 0 Å². The number of hydrogen-bond donors (Lipinski definition) is 0. The van der Waals surface area contributed by atoms with Crippen molar-refractivity contribution in [2.24, 2.45) is 0 Å². The van der Waals surface area contributed by atoms with Crippen molar-refractivity contribution in [2.45, 2.75) is 117 Å². The van der Waals surface area contributed by atoms with E-state index in [0.717, 1.165) is 17.7 Å². The topological polar surface area (TPSA) is 18.5 Å². The molecule has 28 heavy (non-hydrogen) atoms. The molecule has 0 bridgehead atoms. The summed E-state index contributed by atoms with van der Waals surface area (Å²) in [4.78, 5) is 0. The van der Waals surface area contributed by atoms with E-state index in [1.807, 2.05) is 0 Å². The molecule has 0 aliphatic rings. The standard InChI is InChI=1S/C24H54NO2Si/c1-7-10-11-12-13-14-15-16-17-18-19-20-22-25(5,6)23-21-24(4)28(26-8-2)27-9-3/h24,28H,7-23H2,1-6H3/q+1. The Bertz CT molecular complexity index is 320. The molecule has 0 fully saturated rings. The van der Waals surface area contributed by atoms with Crippen molar-refractivity contribution >= 4 is 9.28 Å². The number of unbranched alkanes of at least 4 members (excludes halogenated alkanes) is 11. The predicted octanol–water partition coefficient (Wildman–Crippen LogP) is 6.84. The molecule has 0 radical (unpaired) electrons. The smallest absolute Gasteiger partial charge is 0.324 e. The van der Waals surface area contributed by atoms with Gasteiger partial charge in [-0.25, -0.2) is 0 Å². The number of hydrogen-bond acceptors (Lipinski definition) is 2. The minimum atomic E-state index is -1.49. The maximum absolute atomic E-state index is 5.90. The molecule has 1 unspecified atom stereocenters. The van der Waals surface area contributed by atoms with Gasteiger partial charge in [-0.3, -0.25) is 0 Å². The molecule has 0 saturated heterocycles. The van der Waals surface area contributed by atoms with Gasteiger partial charge in [0.05, 0.1) is 27.2 Å². The third kappa shape index (κ3) is 17.0. The van der Waals surface area contributed by atoms with E-state index in [1.165, 1.54) is 96.6 Å². The van der Waals surface area contributed by atoms with Gasteiger partial charge in [0.2, 0.25) is 0 Å². The van der Waals surface area contributed by atoms with Gasteiger partial charge in [0, 0.05) is 25.2 Å². The van der Waals surface area contributed by atoms with Crippen molar-refractivity contribution in [1.82, 2.24) is 0 Å². The Morgan fingerprint density at radius 1 is 0.643 bits per heavy atom. The van der Waals surface area contributed by atoms with Crippen LogP contribution in [-0.2, 0) is 8.85 Å². The van der Waals surface area contributed by atoms with Crippen LogP contribution in [0.25, 0.3) is 0 Å². The Hall–Kier alpha value is 0.0969. The lowest BCUT2D eigenvalue weighted by Crippen LogP contribution is -2.42. The molecule has 0 rings (SSSR count). The zero-order valence-electron chi connectivity index (χ0n) is 20.4. The average molecular weight is 417 g/mol. The van der Waals surface area contributed by atoms with E-state index in [1.54, 1.807) is 0 Å². The largest absolute Gasteiger partial charge is 0.397 e. The van der Waals surface area contributed by atoms with Gasteiger partial charge in [-0.05, 0) is 26.7 Å². The minimum absolute atomic E-state index is 0.597. The lowest BCUT2D eigenvalue weighted by molar-refractivity contribution is -0.890. The van der Waals surface area contributed by atoms with E-state index in [9.17, 15) is 0 Å². The molecule has 170 valence electrons. The molecule has 0 amide bonds. The van der Waals surface area contributed by atoms with Gasteiger partial charge in [0.25, 0.3) is 0 Å². The molecule has 0 aromatic rings. The van der Waals surface area contributed by atoms with Gasteiger partial charge in [-0.15, -0.1) is 0 Å². The lowest BCUT2D eigenvalue weighted by Gasteiger charge is -2.32. The van der Waals surface area contributed by atoms with Gasteiger partial charge in [-0.1, -0.05) is 78.1 Å². The van der Waals surface area contributed by atoms with E-state index >= 15 is 0 Å². The molecular weight excluding hydrogens is 362 g/mol. The second kappa shape index (κ2) is 19.1. The average Bonchev–Trinajstić information content (AvgIpc) is 2.67. The fraction of sp³-hybridized carbons (Fsp3) is 1.00. The zero-order valence-corrected chi connectivity index (χ0v) is 21.6. The summed E-state index contributed by atoms with van der Waals surface area (Å²) in [6.07, 6.45) is 18.4. The number of nitrogens with zero attached hydrogens (tertiary/aromatic N) is 1. The Morgan fingerprint density at radius 2 is 1.07 bits per heavy atom. The van der Waals surface area contributed by atoms with Crippen LogP contribution >= 0.6 is 0 Å². The fourth-order valence-electron chi connectivity index (χ4n) is 3.89. The minimum Gasteiger partial charge on any atom is -0.397 e. The molecule has 0 N–H and O–H groups in total. The normalized spacial score (nSPS) is 13.4. The third-order valence-electron chi connectivity index (χ3n) is 5.93. The molecule has 4 heteroatoms. The van der Waals surface area contributed by atoms with Gasteiger partial charge < -0.3 is 13.3 Å². The lowest BCUT2D eigenvalue weighted by atomic mass is 10.1. The summed E-state index contributed by atoms with van der Waals surface area (Å²) in [6.45, 7) is 12.9. The molecule has 0 aliphatic heterocycles. The monoisotopic (exact) mass is 416 g/mol. The van der Waals surface area contributed by atoms with Crippen LogP contribution in [0, 0.1) is 0 Å². The summed E-state index contributed by atoms with van der Waals surface area (Å²) < 4.78 is 12.9. The van der Waals surface area contributed by atoms with Crippen molar-refractivity contribution in [2.75, 3.05) is 40.4 Å². The first-order valence-electron chi connectivity index (χ1n) is 12.5. The van der Waals surface area contributed by atoms with Crippen molar-refractivity contribution in [3.63, 3.8) is 0 Å². The SMILES string of the molecule is CCCCCCCCCCCCCC[N+](C)(C)CCC(C)[SiH](OCC)OCC. The highest BCUT2D eigenvalue weighted by Gasteiger charge is 2.24. The molecule has 0 aromatic heterocycles. The Kier molecular flexibility index (Phi) is 19.1. The predicted molar refractivity (Wildman–Crippen MR) is 127 cm³/mol. The summed E-state index contributed by atoms with van der Waals surface area (Å²) in [5, 5.41) is 0. The van der Waals surface area contributed by atoms with Crippen LogP contribution in [0.1, 0.15) is 111 Å². The highest BCUT2D eigenvalue weighted by Crippen LogP contribution is 2.19. The zero-order chi connectivity index (χ0) is 21.1. The van der Waals surface area contributed by atoms with Gasteiger partial charge >= 0.3 is 9.28 Å². The van der Waals surface area contributed by atoms with Crippen molar-refractivity contribution in [3.8, 4) is 0 Å². The summed E-state index contributed by atoms with van der Waals surface area (Å²) in [6, 6.07) is 0. The molecule has 0 aromatic carbocycles. The maximum Gasteiger partial charge on any atom is 0.324 e. The quantitative estimate of drug-likeness (QED) is 0.116. The van der Waals surface area contributed by atoms with Gasteiger partial charge in [-0.2, -0.15) is 0 Å². The second-order valence-electron chi connectivity index (χ2n) is 9.32. The summed E-state index contributed by atoms with van der Waals surface area (Å²) in [5.41, 5.74) is 0.597. The number of quaternary nitrogens is 1. The van der Waals surface area contributed by atoms with E-state index in [2.05, 4.69) is 41.8 Å². The summed E-state index contributed by atoms with van der Waals surface area (Å²) in [5.74, 6) is 0. The third-order valence-corrected chi connectivity index (χ3v) is 8.52. The highest BCUT2D eigenvalue weighted by atomic mass is 28.3. The van der Waals surface area contributed by atoms with Crippen LogP contribution in [0.4, 0.5) is 0 Å². The van der Waals surface area contributed by atoms with Crippen LogP contribution < -0.4 is 0 Å². The molecule has 0 spiro atoms. The number of rotatable bonds is 21. The summed E-state index contributed by atoms with van der Waals surface area (Å²) >= 11 is 0. The fourth-order valence-corrected chi connectivity index (χ4v) is 5.72. The highest BCUT2D eigenvalue weighted by molar-refractivity contribution is 6.46. The van der Waals surface area contributed by atoms with Crippen LogP contribution in [-0.4, -0.2) is 54.2 Å².